The molecule has 0 spiro atoms. The molecule has 1 saturated carbocycles. The van der Waals surface area contributed by atoms with Crippen LogP contribution in [0.1, 0.15) is 12.8 Å². The lowest BCUT2D eigenvalue weighted by Crippen LogP contribution is -2.13. The first-order chi connectivity index (χ1) is 9.22. The Bertz CT molecular complexity index is 627. The minimum Gasteiger partial charge on any atom is -0.369 e. The molecule has 0 atom stereocenters. The Labute approximate surface area is 115 Å². The average molecular weight is 274 g/mol. The summed E-state index contributed by atoms with van der Waals surface area (Å²) in [6.45, 7) is 0. The van der Waals surface area contributed by atoms with Gasteiger partial charge >= 0.3 is 0 Å². The highest BCUT2D eigenvalue weighted by Crippen LogP contribution is 2.29. The van der Waals surface area contributed by atoms with Crippen molar-refractivity contribution in [2.24, 2.45) is 5.73 Å². The molecule has 6 heteroatoms. The van der Waals surface area contributed by atoms with Crippen LogP contribution in [-0.2, 0) is 4.79 Å². The Kier molecular flexibility index (Phi) is 3.25. The van der Waals surface area contributed by atoms with Crippen molar-refractivity contribution < 1.29 is 4.79 Å². The summed E-state index contributed by atoms with van der Waals surface area (Å²) >= 11 is 1.27. The largest absolute Gasteiger partial charge is 0.369 e. The van der Waals surface area contributed by atoms with Gasteiger partial charge in [0.25, 0.3) is 0 Å². The summed E-state index contributed by atoms with van der Waals surface area (Å²) in [5, 5.41) is 5.00. The molecule has 3 rings (SSSR count). The van der Waals surface area contributed by atoms with Gasteiger partial charge in [-0.25, -0.2) is 9.97 Å². The number of anilines is 1. The van der Waals surface area contributed by atoms with Crippen LogP contribution in [-0.4, -0.2) is 27.7 Å². The second kappa shape index (κ2) is 5.05. The van der Waals surface area contributed by atoms with Crippen molar-refractivity contribution in [2.45, 2.75) is 24.0 Å². The standard InChI is InChI=1S/C13H14N4OS/c14-11(18)7-19-13-16-10-4-2-1-3-9(10)12(17-13)15-8-5-6-8/h1-4,8H,5-7H2,(H2,14,18)(H,15,16,17). The molecule has 1 aliphatic carbocycles. The molecule has 1 aromatic carbocycles. The lowest BCUT2D eigenvalue weighted by molar-refractivity contribution is -0.115. The zero-order valence-electron chi connectivity index (χ0n) is 10.3. The molecule has 0 bridgehead atoms. The normalized spacial score (nSPS) is 14.5. The monoisotopic (exact) mass is 274 g/mol. The van der Waals surface area contributed by atoms with Gasteiger partial charge in [-0.3, -0.25) is 4.79 Å². The molecule has 2 aromatic rings. The first-order valence-corrected chi connectivity index (χ1v) is 7.15. The summed E-state index contributed by atoms with van der Waals surface area (Å²) in [4.78, 5) is 19.8. The van der Waals surface area contributed by atoms with Crippen LogP contribution in [0.3, 0.4) is 0 Å². The number of primary amides is 1. The van der Waals surface area contributed by atoms with Gasteiger partial charge in [0.05, 0.1) is 11.3 Å². The molecule has 1 aromatic heterocycles. The zero-order chi connectivity index (χ0) is 13.2. The summed E-state index contributed by atoms with van der Waals surface area (Å²) < 4.78 is 0. The highest BCUT2D eigenvalue weighted by atomic mass is 32.2. The Morgan fingerprint density at radius 3 is 2.89 bits per heavy atom. The molecule has 19 heavy (non-hydrogen) atoms. The summed E-state index contributed by atoms with van der Waals surface area (Å²) in [6, 6.07) is 8.39. The van der Waals surface area contributed by atoms with Crippen molar-refractivity contribution in [3.63, 3.8) is 0 Å². The number of carbonyl (C=O) groups is 1. The fourth-order valence-electron chi connectivity index (χ4n) is 1.79. The lowest BCUT2D eigenvalue weighted by atomic mass is 10.2. The Morgan fingerprint density at radius 1 is 1.37 bits per heavy atom. The summed E-state index contributed by atoms with van der Waals surface area (Å²) in [7, 11) is 0. The second-order valence-corrected chi connectivity index (χ2v) is 5.49. The van der Waals surface area contributed by atoms with E-state index >= 15 is 0 Å². The van der Waals surface area contributed by atoms with E-state index in [4.69, 9.17) is 5.73 Å². The Morgan fingerprint density at radius 2 is 2.16 bits per heavy atom. The topological polar surface area (TPSA) is 80.9 Å². The van der Waals surface area contributed by atoms with E-state index in [9.17, 15) is 4.79 Å². The van der Waals surface area contributed by atoms with Crippen LogP contribution in [0.5, 0.6) is 0 Å². The molecule has 0 radical (unpaired) electrons. The minimum atomic E-state index is -0.363. The second-order valence-electron chi connectivity index (χ2n) is 4.55. The number of hydrogen-bond acceptors (Lipinski definition) is 5. The number of para-hydroxylation sites is 1. The van der Waals surface area contributed by atoms with Crippen LogP contribution in [0.15, 0.2) is 29.4 Å². The van der Waals surface area contributed by atoms with Crippen molar-refractivity contribution in [3.05, 3.63) is 24.3 Å². The van der Waals surface area contributed by atoms with Crippen molar-refractivity contribution in [3.8, 4) is 0 Å². The van der Waals surface area contributed by atoms with Crippen molar-refractivity contribution in [1.29, 1.82) is 0 Å². The number of nitrogens with zero attached hydrogens (tertiary/aromatic N) is 2. The SMILES string of the molecule is NC(=O)CSc1nc(NC2CC2)c2ccccc2n1. The van der Waals surface area contributed by atoms with E-state index in [1.165, 1.54) is 24.6 Å². The van der Waals surface area contributed by atoms with E-state index in [2.05, 4.69) is 15.3 Å². The van der Waals surface area contributed by atoms with Gasteiger partial charge < -0.3 is 11.1 Å². The first kappa shape index (κ1) is 12.2. The van der Waals surface area contributed by atoms with Crippen LogP contribution in [0.4, 0.5) is 5.82 Å². The number of rotatable bonds is 5. The third-order valence-electron chi connectivity index (χ3n) is 2.84. The molecule has 98 valence electrons. The molecule has 0 aliphatic heterocycles. The Balaban J connectivity index is 1.96. The van der Waals surface area contributed by atoms with E-state index < -0.39 is 0 Å². The quantitative estimate of drug-likeness (QED) is 0.641. The van der Waals surface area contributed by atoms with Gasteiger partial charge in [0.1, 0.15) is 5.82 Å². The van der Waals surface area contributed by atoms with Gasteiger partial charge in [-0.1, -0.05) is 23.9 Å². The van der Waals surface area contributed by atoms with Gasteiger partial charge in [0.15, 0.2) is 5.16 Å². The smallest absolute Gasteiger partial charge is 0.227 e. The molecule has 1 amide bonds. The molecule has 5 nitrogen and oxygen atoms in total. The molecule has 0 saturated heterocycles. The number of thioether (sulfide) groups is 1. The average Bonchev–Trinajstić information content (AvgIpc) is 3.20. The first-order valence-electron chi connectivity index (χ1n) is 6.17. The van der Waals surface area contributed by atoms with E-state index in [1.807, 2.05) is 24.3 Å². The fraction of sp³-hybridized carbons (Fsp3) is 0.308. The molecule has 1 aliphatic rings. The molecule has 1 fully saturated rings. The number of carbonyl (C=O) groups excluding carboxylic acids is 1. The summed E-state index contributed by atoms with van der Waals surface area (Å²) in [6.07, 6.45) is 2.37. The van der Waals surface area contributed by atoms with Crippen molar-refractivity contribution >= 4 is 34.4 Å². The lowest BCUT2D eigenvalue weighted by Gasteiger charge is -2.09. The molecule has 3 N–H and O–H groups in total. The Hall–Kier alpha value is -1.82. The van der Waals surface area contributed by atoms with Crippen molar-refractivity contribution in [1.82, 2.24) is 9.97 Å². The van der Waals surface area contributed by atoms with E-state index in [0.717, 1.165) is 16.7 Å². The minimum absolute atomic E-state index is 0.196. The van der Waals surface area contributed by atoms with Crippen LogP contribution >= 0.6 is 11.8 Å². The maximum absolute atomic E-state index is 10.8. The third-order valence-corrected chi connectivity index (χ3v) is 3.71. The summed E-state index contributed by atoms with van der Waals surface area (Å²) in [5.41, 5.74) is 6.03. The number of nitrogens with two attached hydrogens (primary N) is 1. The van der Waals surface area contributed by atoms with E-state index in [1.54, 1.807) is 0 Å². The van der Waals surface area contributed by atoms with Gasteiger partial charge in [-0.05, 0) is 25.0 Å². The molecular weight excluding hydrogens is 260 g/mol. The highest BCUT2D eigenvalue weighted by molar-refractivity contribution is 7.99. The number of aromatic nitrogens is 2. The number of amides is 1. The fourth-order valence-corrected chi connectivity index (χ4v) is 2.38. The van der Waals surface area contributed by atoms with E-state index in [0.29, 0.717) is 11.2 Å². The van der Waals surface area contributed by atoms with Crippen molar-refractivity contribution in [2.75, 3.05) is 11.1 Å². The maximum Gasteiger partial charge on any atom is 0.227 e. The highest BCUT2D eigenvalue weighted by Gasteiger charge is 2.22. The molecule has 1 heterocycles. The molecule has 0 unspecified atom stereocenters. The number of hydrogen-bond donors (Lipinski definition) is 2. The van der Waals surface area contributed by atoms with Gasteiger partial charge in [0.2, 0.25) is 5.91 Å². The predicted octanol–water partition coefficient (Wildman–Crippen LogP) is 1.78. The summed E-state index contributed by atoms with van der Waals surface area (Å²) in [5.74, 6) is 0.680. The van der Waals surface area contributed by atoms with Crippen LogP contribution < -0.4 is 11.1 Å². The predicted molar refractivity (Wildman–Crippen MR) is 76.1 cm³/mol. The number of benzene rings is 1. The van der Waals surface area contributed by atoms with Crippen LogP contribution in [0, 0.1) is 0 Å². The van der Waals surface area contributed by atoms with Gasteiger partial charge in [-0.15, -0.1) is 0 Å². The molecular formula is C13H14N4OS. The number of fused-ring (bicyclic) bond motifs is 1. The van der Waals surface area contributed by atoms with E-state index in [-0.39, 0.29) is 11.7 Å². The number of nitrogens with one attached hydrogen (secondary N) is 1. The zero-order valence-corrected chi connectivity index (χ0v) is 11.1. The maximum atomic E-state index is 10.8. The van der Waals surface area contributed by atoms with Crippen LogP contribution in [0.2, 0.25) is 0 Å². The van der Waals surface area contributed by atoms with Gasteiger partial charge in [-0.2, -0.15) is 0 Å². The van der Waals surface area contributed by atoms with Gasteiger partial charge in [0, 0.05) is 11.4 Å². The third kappa shape index (κ3) is 2.96. The van der Waals surface area contributed by atoms with Crippen LogP contribution in [0.25, 0.3) is 10.9 Å².